The van der Waals surface area contributed by atoms with Crippen molar-refractivity contribution in [2.75, 3.05) is 11.9 Å². The number of thiazole rings is 1. The molecule has 1 N–H and O–H groups in total. The van der Waals surface area contributed by atoms with E-state index >= 15 is 0 Å². The van der Waals surface area contributed by atoms with Crippen molar-refractivity contribution < 1.29 is 0 Å². The number of hydrogen-bond donors (Lipinski definition) is 1. The molecule has 0 unspecified atom stereocenters. The quantitative estimate of drug-likeness (QED) is 0.881. The molecule has 2 aromatic rings. The molecule has 0 bridgehead atoms. The van der Waals surface area contributed by atoms with E-state index in [-0.39, 0.29) is 0 Å². The van der Waals surface area contributed by atoms with Crippen LogP contribution in [0.25, 0.3) is 10.2 Å². The molecule has 1 fully saturated rings. The standard InChI is InChI=1S/C13H15ClN2S/c14-10-5-6-11-12(7-10)17-13(16-11)15-8-9-3-1-2-4-9/h5-7,9H,1-4,8H2,(H,15,16). The van der Waals surface area contributed by atoms with Gasteiger partial charge >= 0.3 is 0 Å². The maximum absolute atomic E-state index is 5.97. The van der Waals surface area contributed by atoms with Crippen molar-refractivity contribution in [1.29, 1.82) is 0 Å². The molecule has 90 valence electrons. The molecule has 4 heteroatoms. The summed E-state index contributed by atoms with van der Waals surface area (Å²) in [5.74, 6) is 0.839. The van der Waals surface area contributed by atoms with Crippen LogP contribution < -0.4 is 5.32 Å². The number of benzene rings is 1. The van der Waals surface area contributed by atoms with Gasteiger partial charge in [-0.05, 0) is 37.0 Å². The Morgan fingerprint density at radius 3 is 3.00 bits per heavy atom. The van der Waals surface area contributed by atoms with Crippen molar-refractivity contribution in [1.82, 2.24) is 4.98 Å². The molecule has 1 aromatic heterocycles. The molecule has 0 saturated heterocycles. The monoisotopic (exact) mass is 266 g/mol. The van der Waals surface area contributed by atoms with Crippen molar-refractivity contribution in [3.63, 3.8) is 0 Å². The minimum absolute atomic E-state index is 0.781. The van der Waals surface area contributed by atoms with Gasteiger partial charge in [0.1, 0.15) is 0 Å². The lowest BCUT2D eigenvalue weighted by molar-refractivity contribution is 0.580. The van der Waals surface area contributed by atoms with Gasteiger partial charge in [0.25, 0.3) is 0 Å². The van der Waals surface area contributed by atoms with Crippen LogP contribution in [0.5, 0.6) is 0 Å². The van der Waals surface area contributed by atoms with Crippen LogP contribution in [0.2, 0.25) is 5.02 Å². The highest BCUT2D eigenvalue weighted by Gasteiger charge is 2.15. The van der Waals surface area contributed by atoms with Crippen molar-refractivity contribution in [3.8, 4) is 0 Å². The van der Waals surface area contributed by atoms with E-state index in [9.17, 15) is 0 Å². The zero-order chi connectivity index (χ0) is 11.7. The Balaban J connectivity index is 1.72. The maximum atomic E-state index is 5.97. The molecule has 1 aromatic carbocycles. The second-order valence-electron chi connectivity index (χ2n) is 4.66. The molecule has 0 radical (unpaired) electrons. The van der Waals surface area contributed by atoms with Crippen LogP contribution in [0.3, 0.4) is 0 Å². The first-order valence-electron chi connectivity index (χ1n) is 6.11. The largest absolute Gasteiger partial charge is 0.361 e. The van der Waals surface area contributed by atoms with Gasteiger partial charge in [0, 0.05) is 11.6 Å². The van der Waals surface area contributed by atoms with Gasteiger partial charge < -0.3 is 5.32 Å². The van der Waals surface area contributed by atoms with Crippen molar-refractivity contribution >= 4 is 38.3 Å². The molecule has 1 aliphatic rings. The van der Waals surface area contributed by atoms with E-state index < -0.39 is 0 Å². The molecule has 1 saturated carbocycles. The van der Waals surface area contributed by atoms with Gasteiger partial charge in [0.05, 0.1) is 10.2 Å². The highest BCUT2D eigenvalue weighted by Crippen LogP contribution is 2.30. The van der Waals surface area contributed by atoms with Crippen LogP contribution in [-0.2, 0) is 0 Å². The summed E-state index contributed by atoms with van der Waals surface area (Å²) in [6.07, 6.45) is 5.51. The van der Waals surface area contributed by atoms with E-state index in [1.807, 2.05) is 18.2 Å². The topological polar surface area (TPSA) is 24.9 Å². The highest BCUT2D eigenvalue weighted by atomic mass is 35.5. The fourth-order valence-electron chi connectivity index (χ4n) is 2.42. The Morgan fingerprint density at radius 2 is 2.18 bits per heavy atom. The fraction of sp³-hybridized carbons (Fsp3) is 0.462. The number of aromatic nitrogens is 1. The maximum Gasteiger partial charge on any atom is 0.183 e. The van der Waals surface area contributed by atoms with Crippen LogP contribution >= 0.6 is 22.9 Å². The van der Waals surface area contributed by atoms with E-state index in [2.05, 4.69) is 10.3 Å². The van der Waals surface area contributed by atoms with Crippen LogP contribution in [-0.4, -0.2) is 11.5 Å². The van der Waals surface area contributed by atoms with Gasteiger partial charge in [0.15, 0.2) is 5.13 Å². The third kappa shape index (κ3) is 2.55. The lowest BCUT2D eigenvalue weighted by atomic mass is 10.1. The van der Waals surface area contributed by atoms with E-state index in [0.717, 1.165) is 32.8 Å². The average Bonchev–Trinajstić information content (AvgIpc) is 2.94. The predicted octanol–water partition coefficient (Wildman–Crippen LogP) is 4.55. The third-order valence-corrected chi connectivity index (χ3v) is 4.58. The Labute approximate surface area is 110 Å². The van der Waals surface area contributed by atoms with Gasteiger partial charge in [-0.15, -0.1) is 0 Å². The van der Waals surface area contributed by atoms with E-state index in [0.29, 0.717) is 0 Å². The summed E-state index contributed by atoms with van der Waals surface area (Å²) in [5, 5.41) is 5.26. The molecule has 0 atom stereocenters. The number of hydrogen-bond acceptors (Lipinski definition) is 3. The second-order valence-corrected chi connectivity index (χ2v) is 6.13. The fourth-order valence-corrected chi connectivity index (χ4v) is 3.57. The molecule has 0 amide bonds. The lowest BCUT2D eigenvalue weighted by Crippen LogP contribution is -2.10. The summed E-state index contributed by atoms with van der Waals surface area (Å²) < 4.78 is 1.16. The lowest BCUT2D eigenvalue weighted by Gasteiger charge is -2.08. The van der Waals surface area contributed by atoms with Gasteiger partial charge in [0.2, 0.25) is 0 Å². The predicted molar refractivity (Wildman–Crippen MR) is 75.1 cm³/mol. The first-order chi connectivity index (χ1) is 8.31. The Kier molecular flexibility index (Phi) is 3.21. The summed E-state index contributed by atoms with van der Waals surface area (Å²) in [5.41, 5.74) is 1.04. The smallest absolute Gasteiger partial charge is 0.183 e. The SMILES string of the molecule is Clc1ccc2nc(NCC3CCCC3)sc2c1. The number of anilines is 1. The van der Waals surface area contributed by atoms with Gasteiger partial charge in [-0.1, -0.05) is 35.8 Å². The first-order valence-corrected chi connectivity index (χ1v) is 7.31. The van der Waals surface area contributed by atoms with Crippen molar-refractivity contribution in [3.05, 3.63) is 23.2 Å². The Morgan fingerprint density at radius 1 is 1.35 bits per heavy atom. The summed E-state index contributed by atoms with van der Waals surface area (Å²) in [7, 11) is 0. The Hall–Kier alpha value is -0.800. The van der Waals surface area contributed by atoms with E-state index in [4.69, 9.17) is 11.6 Å². The van der Waals surface area contributed by atoms with Crippen LogP contribution in [0.1, 0.15) is 25.7 Å². The van der Waals surface area contributed by atoms with E-state index in [1.54, 1.807) is 11.3 Å². The Bertz CT molecular complexity index is 517. The first kappa shape index (κ1) is 11.3. The van der Waals surface area contributed by atoms with Crippen molar-refractivity contribution in [2.24, 2.45) is 5.92 Å². The van der Waals surface area contributed by atoms with E-state index in [1.165, 1.54) is 25.7 Å². The number of nitrogens with one attached hydrogen (secondary N) is 1. The number of rotatable bonds is 3. The molecule has 1 aliphatic carbocycles. The zero-order valence-electron chi connectivity index (χ0n) is 9.58. The normalized spacial score (nSPS) is 16.8. The minimum Gasteiger partial charge on any atom is -0.361 e. The van der Waals surface area contributed by atoms with Crippen molar-refractivity contribution in [2.45, 2.75) is 25.7 Å². The number of halogens is 1. The molecule has 17 heavy (non-hydrogen) atoms. The summed E-state index contributed by atoms with van der Waals surface area (Å²) in [4.78, 5) is 4.56. The van der Waals surface area contributed by atoms with Crippen LogP contribution in [0.15, 0.2) is 18.2 Å². The summed E-state index contributed by atoms with van der Waals surface area (Å²) in [6, 6.07) is 5.86. The van der Waals surface area contributed by atoms with Gasteiger partial charge in [-0.3, -0.25) is 0 Å². The third-order valence-electron chi connectivity index (χ3n) is 3.37. The molecular weight excluding hydrogens is 252 g/mol. The number of nitrogens with zero attached hydrogens (tertiary/aromatic N) is 1. The van der Waals surface area contributed by atoms with Gasteiger partial charge in [-0.2, -0.15) is 0 Å². The molecule has 0 spiro atoms. The molecule has 1 heterocycles. The minimum atomic E-state index is 0.781. The zero-order valence-corrected chi connectivity index (χ0v) is 11.2. The summed E-state index contributed by atoms with van der Waals surface area (Å²) in [6.45, 7) is 1.06. The average molecular weight is 267 g/mol. The molecular formula is C13H15ClN2S. The van der Waals surface area contributed by atoms with Crippen LogP contribution in [0, 0.1) is 5.92 Å². The second kappa shape index (κ2) is 4.83. The molecule has 0 aliphatic heterocycles. The van der Waals surface area contributed by atoms with Crippen LogP contribution in [0.4, 0.5) is 5.13 Å². The molecule has 3 rings (SSSR count). The van der Waals surface area contributed by atoms with Gasteiger partial charge in [-0.25, -0.2) is 4.98 Å². The number of fused-ring (bicyclic) bond motifs is 1. The summed E-state index contributed by atoms with van der Waals surface area (Å²) >= 11 is 7.66. The molecule has 2 nitrogen and oxygen atoms in total. The highest BCUT2D eigenvalue weighted by molar-refractivity contribution is 7.22.